The first-order valence-electron chi connectivity index (χ1n) is 8.87. The van der Waals surface area contributed by atoms with E-state index >= 15 is 0 Å². The number of nitrogens with one attached hydrogen (secondary N) is 1. The number of piperazine rings is 1. The average molecular weight is 329 g/mol. The predicted octanol–water partition coefficient (Wildman–Crippen LogP) is 2.28. The smallest absolute Gasteiger partial charge is 0.335 e. The molecule has 1 aliphatic rings. The van der Waals surface area contributed by atoms with Crippen LogP contribution in [0.5, 0.6) is 0 Å². The SMILES string of the molecule is CCc1cc(C(=O)O)cc2c(CCCN3CCNCC3)cn(C)c12. The monoisotopic (exact) mass is 329 g/mol. The van der Waals surface area contributed by atoms with Crippen molar-refractivity contribution in [1.82, 2.24) is 14.8 Å². The van der Waals surface area contributed by atoms with Crippen molar-refractivity contribution < 1.29 is 9.90 Å². The van der Waals surface area contributed by atoms with Crippen LogP contribution in [0.1, 0.15) is 34.8 Å². The Balaban J connectivity index is 1.82. The van der Waals surface area contributed by atoms with Gasteiger partial charge in [0.15, 0.2) is 0 Å². The molecular formula is C19H27N3O2. The summed E-state index contributed by atoms with van der Waals surface area (Å²) < 4.78 is 2.15. The molecule has 24 heavy (non-hydrogen) atoms. The molecule has 0 radical (unpaired) electrons. The number of nitrogens with zero attached hydrogens (tertiary/aromatic N) is 2. The molecule has 0 spiro atoms. The fourth-order valence-corrected chi connectivity index (χ4v) is 3.74. The van der Waals surface area contributed by atoms with E-state index in [4.69, 9.17) is 0 Å². The maximum Gasteiger partial charge on any atom is 0.335 e. The third-order valence-corrected chi connectivity index (χ3v) is 4.99. The van der Waals surface area contributed by atoms with E-state index in [9.17, 15) is 9.90 Å². The molecule has 3 rings (SSSR count). The predicted molar refractivity (Wildman–Crippen MR) is 96.9 cm³/mol. The molecule has 1 aliphatic heterocycles. The first kappa shape index (κ1) is 17.0. The van der Waals surface area contributed by atoms with Gasteiger partial charge in [-0.1, -0.05) is 6.92 Å². The van der Waals surface area contributed by atoms with Crippen LogP contribution in [0.2, 0.25) is 0 Å². The molecule has 1 aromatic carbocycles. The number of rotatable bonds is 6. The quantitative estimate of drug-likeness (QED) is 0.854. The summed E-state index contributed by atoms with van der Waals surface area (Å²) in [7, 11) is 2.06. The number of benzene rings is 1. The van der Waals surface area contributed by atoms with Crippen molar-refractivity contribution in [3.05, 3.63) is 35.0 Å². The lowest BCUT2D eigenvalue weighted by Gasteiger charge is -2.26. The number of carbonyl (C=O) groups is 1. The van der Waals surface area contributed by atoms with Crippen LogP contribution in [-0.2, 0) is 19.9 Å². The molecule has 0 atom stereocenters. The Morgan fingerprint density at radius 2 is 2.00 bits per heavy atom. The molecule has 2 heterocycles. The highest BCUT2D eigenvalue weighted by Gasteiger charge is 2.15. The Kier molecular flexibility index (Phi) is 5.21. The van der Waals surface area contributed by atoms with E-state index in [1.54, 1.807) is 0 Å². The molecule has 5 heteroatoms. The Labute approximate surface area is 143 Å². The molecule has 0 unspecified atom stereocenters. The van der Waals surface area contributed by atoms with Crippen molar-refractivity contribution in [1.29, 1.82) is 0 Å². The van der Waals surface area contributed by atoms with Crippen LogP contribution in [0, 0.1) is 0 Å². The van der Waals surface area contributed by atoms with Crippen LogP contribution in [0.15, 0.2) is 18.3 Å². The average Bonchev–Trinajstić information content (AvgIpc) is 2.91. The standard InChI is InChI=1S/C19H27N3O2/c1-3-14-11-16(19(23)24)12-17-15(13-21(2)18(14)17)5-4-8-22-9-6-20-7-10-22/h11-13,20H,3-10H2,1-2H3,(H,23,24). The van der Waals surface area contributed by atoms with Gasteiger partial charge in [-0.25, -0.2) is 4.79 Å². The van der Waals surface area contributed by atoms with Crippen LogP contribution in [-0.4, -0.2) is 53.3 Å². The fraction of sp³-hybridized carbons (Fsp3) is 0.526. The Morgan fingerprint density at radius 1 is 1.25 bits per heavy atom. The van der Waals surface area contributed by atoms with Gasteiger partial charge >= 0.3 is 5.97 Å². The highest BCUT2D eigenvalue weighted by Crippen LogP contribution is 2.27. The van der Waals surface area contributed by atoms with Crippen molar-refractivity contribution in [2.45, 2.75) is 26.2 Å². The summed E-state index contributed by atoms with van der Waals surface area (Å²) in [5.74, 6) is -0.845. The molecule has 0 amide bonds. The molecule has 1 aromatic heterocycles. The number of carboxylic acids is 1. The molecule has 0 bridgehead atoms. The minimum absolute atomic E-state index is 0.397. The maximum atomic E-state index is 11.4. The van der Waals surface area contributed by atoms with Crippen LogP contribution in [0.25, 0.3) is 10.9 Å². The second kappa shape index (κ2) is 7.36. The second-order valence-electron chi connectivity index (χ2n) is 6.65. The topological polar surface area (TPSA) is 57.5 Å². The minimum Gasteiger partial charge on any atom is -0.478 e. The zero-order valence-electron chi connectivity index (χ0n) is 14.6. The van der Waals surface area contributed by atoms with Crippen LogP contribution in [0.4, 0.5) is 0 Å². The minimum atomic E-state index is -0.845. The highest BCUT2D eigenvalue weighted by atomic mass is 16.4. The lowest BCUT2D eigenvalue weighted by atomic mass is 10.0. The van der Waals surface area contributed by atoms with Gasteiger partial charge in [-0.15, -0.1) is 0 Å². The highest BCUT2D eigenvalue weighted by molar-refractivity contribution is 5.96. The van der Waals surface area contributed by atoms with Crippen molar-refractivity contribution in [3.63, 3.8) is 0 Å². The second-order valence-corrected chi connectivity index (χ2v) is 6.65. The van der Waals surface area contributed by atoms with Gasteiger partial charge in [-0.2, -0.15) is 0 Å². The van der Waals surface area contributed by atoms with Crippen molar-refractivity contribution in [2.75, 3.05) is 32.7 Å². The van der Waals surface area contributed by atoms with Gasteiger partial charge in [-0.3, -0.25) is 0 Å². The number of carboxylic acid groups (broad SMARTS) is 1. The molecule has 1 fully saturated rings. The van der Waals surface area contributed by atoms with Crippen molar-refractivity contribution in [2.24, 2.45) is 7.05 Å². The van der Waals surface area contributed by atoms with Gasteiger partial charge in [0, 0.05) is 44.8 Å². The molecule has 0 aliphatic carbocycles. The first-order chi connectivity index (χ1) is 11.6. The maximum absolute atomic E-state index is 11.4. The Bertz CT molecular complexity index is 730. The van der Waals surface area contributed by atoms with E-state index in [1.807, 2.05) is 12.1 Å². The van der Waals surface area contributed by atoms with E-state index in [-0.39, 0.29) is 0 Å². The van der Waals surface area contributed by atoms with Gasteiger partial charge in [0.05, 0.1) is 11.1 Å². The molecule has 2 N–H and O–H groups in total. The molecule has 130 valence electrons. The number of hydrogen-bond acceptors (Lipinski definition) is 3. The molecule has 5 nitrogen and oxygen atoms in total. The van der Waals surface area contributed by atoms with E-state index in [1.165, 1.54) is 11.1 Å². The third kappa shape index (κ3) is 3.47. The fourth-order valence-electron chi connectivity index (χ4n) is 3.74. The summed E-state index contributed by atoms with van der Waals surface area (Å²) in [5.41, 5.74) is 3.95. The van der Waals surface area contributed by atoms with Gasteiger partial charge in [0.1, 0.15) is 0 Å². The first-order valence-corrected chi connectivity index (χ1v) is 8.87. The molecule has 1 saturated heterocycles. The lowest BCUT2D eigenvalue weighted by molar-refractivity contribution is 0.0697. The Morgan fingerprint density at radius 3 is 2.67 bits per heavy atom. The normalized spacial score (nSPS) is 15.9. The number of hydrogen-bond donors (Lipinski definition) is 2. The number of aromatic carboxylic acids is 1. The van der Waals surface area contributed by atoms with Crippen LogP contribution >= 0.6 is 0 Å². The summed E-state index contributed by atoms with van der Waals surface area (Å²) >= 11 is 0. The lowest BCUT2D eigenvalue weighted by Crippen LogP contribution is -2.43. The van der Waals surface area contributed by atoms with E-state index in [2.05, 4.69) is 35.0 Å². The summed E-state index contributed by atoms with van der Waals surface area (Å²) in [5, 5.41) is 13.9. The molecular weight excluding hydrogens is 302 g/mol. The number of aromatic nitrogens is 1. The number of fused-ring (bicyclic) bond motifs is 1. The summed E-state index contributed by atoms with van der Waals surface area (Å²) in [6.07, 6.45) is 5.12. The summed E-state index contributed by atoms with van der Waals surface area (Å²) in [6.45, 7) is 7.60. The Hall–Kier alpha value is -1.85. The van der Waals surface area contributed by atoms with E-state index in [0.717, 1.165) is 62.9 Å². The van der Waals surface area contributed by atoms with Crippen molar-refractivity contribution >= 4 is 16.9 Å². The van der Waals surface area contributed by atoms with Gasteiger partial charge in [0.25, 0.3) is 0 Å². The van der Waals surface area contributed by atoms with E-state index in [0.29, 0.717) is 5.56 Å². The third-order valence-electron chi connectivity index (χ3n) is 4.99. The molecule has 0 saturated carbocycles. The van der Waals surface area contributed by atoms with Gasteiger partial charge in [-0.05, 0) is 49.1 Å². The zero-order valence-corrected chi connectivity index (χ0v) is 14.6. The van der Waals surface area contributed by atoms with Crippen LogP contribution in [0.3, 0.4) is 0 Å². The van der Waals surface area contributed by atoms with Gasteiger partial charge in [0.2, 0.25) is 0 Å². The van der Waals surface area contributed by atoms with Crippen LogP contribution < -0.4 is 5.32 Å². The van der Waals surface area contributed by atoms with Gasteiger partial charge < -0.3 is 19.9 Å². The van der Waals surface area contributed by atoms with Crippen molar-refractivity contribution in [3.8, 4) is 0 Å². The van der Waals surface area contributed by atoms with E-state index < -0.39 is 5.97 Å². The summed E-state index contributed by atoms with van der Waals surface area (Å²) in [6, 6.07) is 3.66. The largest absolute Gasteiger partial charge is 0.478 e. The summed E-state index contributed by atoms with van der Waals surface area (Å²) in [4.78, 5) is 13.9. The number of aryl methyl sites for hydroxylation is 3. The zero-order chi connectivity index (χ0) is 17.1. The molecule has 2 aromatic rings.